The summed E-state index contributed by atoms with van der Waals surface area (Å²) in [4.78, 5) is 11.5. The quantitative estimate of drug-likeness (QED) is 0.297. The molecule has 0 atom stereocenters. The highest BCUT2D eigenvalue weighted by atomic mass is 16.6. The molecule has 130 valence electrons. The Morgan fingerprint density at radius 1 is 1.48 bits per heavy atom. The maximum absolute atomic E-state index is 11.5. The Morgan fingerprint density at radius 3 is 2.57 bits per heavy atom. The number of nitrogens with two attached hydrogens (primary N) is 1. The first-order chi connectivity index (χ1) is 11.0. The second-order valence-electron chi connectivity index (χ2n) is 4.54. The summed E-state index contributed by atoms with van der Waals surface area (Å²) in [5.41, 5.74) is 7.94. The predicted molar refractivity (Wildman–Crippen MR) is 85.6 cm³/mol. The first-order valence-electron chi connectivity index (χ1n) is 7.22. The van der Waals surface area contributed by atoms with Crippen LogP contribution in [0.3, 0.4) is 0 Å². The van der Waals surface area contributed by atoms with E-state index in [-0.39, 0.29) is 23.4 Å². The van der Waals surface area contributed by atoms with Gasteiger partial charge >= 0.3 is 5.97 Å². The molecule has 1 heterocycles. The van der Waals surface area contributed by atoms with E-state index in [4.69, 9.17) is 10.5 Å². The summed E-state index contributed by atoms with van der Waals surface area (Å²) in [6.45, 7) is 8.44. The van der Waals surface area contributed by atoms with Gasteiger partial charge in [-0.25, -0.2) is 9.42 Å². The van der Waals surface area contributed by atoms with Crippen LogP contribution in [-0.4, -0.2) is 36.0 Å². The smallest absolute Gasteiger partial charge is 0.356 e. The van der Waals surface area contributed by atoms with E-state index in [1.165, 1.54) is 12.5 Å². The molecular formula is C13H25N7O3. The number of esters is 1. The number of ether oxygens (including phenoxy) is 1. The van der Waals surface area contributed by atoms with Crippen molar-refractivity contribution in [2.75, 3.05) is 19.3 Å². The van der Waals surface area contributed by atoms with Gasteiger partial charge in [-0.15, -0.1) is 5.11 Å². The maximum Gasteiger partial charge on any atom is 0.356 e. The van der Waals surface area contributed by atoms with Gasteiger partial charge < -0.3 is 15.8 Å². The Kier molecular flexibility index (Phi) is 10.8. The van der Waals surface area contributed by atoms with Crippen molar-refractivity contribution in [1.82, 2.24) is 21.1 Å². The van der Waals surface area contributed by atoms with Gasteiger partial charge in [-0.05, 0) is 51.1 Å². The Morgan fingerprint density at radius 2 is 2.17 bits per heavy atom. The average Bonchev–Trinajstić information content (AvgIpc) is 2.89. The molecule has 1 rings (SSSR count). The maximum atomic E-state index is 11.5. The van der Waals surface area contributed by atoms with Crippen LogP contribution in [-0.2, 0) is 9.53 Å². The molecule has 1 aromatic heterocycles. The Labute approximate surface area is 135 Å². The van der Waals surface area contributed by atoms with Crippen LogP contribution in [0, 0.1) is 0 Å². The standard InChI is InChI=1S/C9H14N6O3.C4H11N/c1-4-6(9(16)17-5(2)3)11-15-12-8-7(10)13-18-14-8;1-3-4-5-2/h4-5H,1-3H3,(H2,10,13)(H,11,12,14);5H,3-4H2,1-2H3/b6-4+;. The lowest BCUT2D eigenvalue weighted by Gasteiger charge is -2.08. The third-order valence-electron chi connectivity index (χ3n) is 2.16. The van der Waals surface area contributed by atoms with E-state index in [0.717, 1.165) is 6.54 Å². The Balaban J connectivity index is 0.000000841. The van der Waals surface area contributed by atoms with Gasteiger partial charge in [0, 0.05) is 0 Å². The van der Waals surface area contributed by atoms with E-state index in [9.17, 15) is 4.79 Å². The van der Waals surface area contributed by atoms with Crippen LogP contribution < -0.4 is 16.5 Å². The van der Waals surface area contributed by atoms with E-state index < -0.39 is 5.97 Å². The van der Waals surface area contributed by atoms with Gasteiger partial charge in [0.2, 0.25) is 5.82 Å². The second-order valence-corrected chi connectivity index (χ2v) is 4.54. The van der Waals surface area contributed by atoms with E-state index >= 15 is 0 Å². The van der Waals surface area contributed by atoms with Crippen molar-refractivity contribution in [1.29, 1.82) is 0 Å². The summed E-state index contributed by atoms with van der Waals surface area (Å²) in [5, 5.41) is 16.8. The van der Waals surface area contributed by atoms with Gasteiger partial charge in [0.25, 0.3) is 5.82 Å². The van der Waals surface area contributed by atoms with E-state index in [1.807, 2.05) is 7.05 Å². The minimum atomic E-state index is -0.530. The van der Waals surface area contributed by atoms with Crippen molar-refractivity contribution < 1.29 is 14.2 Å². The number of rotatable bonds is 7. The number of carbonyl (C=O) groups is 1. The van der Waals surface area contributed by atoms with Crippen molar-refractivity contribution in [2.24, 2.45) is 10.3 Å². The molecule has 4 N–H and O–H groups in total. The van der Waals surface area contributed by atoms with Gasteiger partial charge in [0.15, 0.2) is 0 Å². The van der Waals surface area contributed by atoms with Crippen LogP contribution in [0.4, 0.5) is 11.6 Å². The van der Waals surface area contributed by atoms with Crippen molar-refractivity contribution in [2.45, 2.75) is 40.2 Å². The number of hydrogen-bond acceptors (Lipinski definition) is 9. The molecule has 0 bridgehead atoms. The molecule has 0 amide bonds. The number of anilines is 1. The van der Waals surface area contributed by atoms with Gasteiger partial charge in [-0.2, -0.15) is 0 Å². The molecule has 23 heavy (non-hydrogen) atoms. The lowest BCUT2D eigenvalue weighted by molar-refractivity contribution is -0.143. The van der Waals surface area contributed by atoms with Gasteiger partial charge in [-0.1, -0.05) is 18.2 Å². The van der Waals surface area contributed by atoms with Gasteiger partial charge in [0.1, 0.15) is 5.70 Å². The third-order valence-corrected chi connectivity index (χ3v) is 2.16. The summed E-state index contributed by atoms with van der Waals surface area (Å²) in [6.07, 6.45) is 2.52. The zero-order valence-corrected chi connectivity index (χ0v) is 14.2. The highest BCUT2D eigenvalue weighted by Crippen LogP contribution is 2.14. The minimum absolute atomic E-state index is 0.00679. The van der Waals surface area contributed by atoms with Crippen molar-refractivity contribution in [3.05, 3.63) is 11.8 Å². The first-order valence-corrected chi connectivity index (χ1v) is 7.22. The molecule has 0 unspecified atom stereocenters. The molecule has 0 aliphatic carbocycles. The molecule has 10 nitrogen and oxygen atoms in total. The zero-order valence-electron chi connectivity index (χ0n) is 14.2. The fourth-order valence-electron chi connectivity index (χ4n) is 1.14. The number of allylic oxidation sites excluding steroid dienone is 1. The average molecular weight is 327 g/mol. The number of carbonyl (C=O) groups excluding carboxylic acids is 1. The highest BCUT2D eigenvalue weighted by Gasteiger charge is 2.11. The van der Waals surface area contributed by atoms with Crippen molar-refractivity contribution >= 4 is 17.6 Å². The molecule has 0 aliphatic heterocycles. The van der Waals surface area contributed by atoms with Crippen LogP contribution in [0.2, 0.25) is 0 Å². The molecule has 0 saturated heterocycles. The number of nitrogens with one attached hydrogen (secondary N) is 2. The lowest BCUT2D eigenvalue weighted by atomic mass is 10.4. The van der Waals surface area contributed by atoms with Crippen LogP contribution >= 0.6 is 0 Å². The third kappa shape index (κ3) is 9.19. The number of nitrogen functional groups attached to an aromatic ring is 1. The molecule has 0 fully saturated rings. The molecule has 0 spiro atoms. The Bertz CT molecular complexity index is 509. The summed E-state index contributed by atoms with van der Waals surface area (Å²) < 4.78 is 9.29. The largest absolute Gasteiger partial charge is 0.458 e. The van der Waals surface area contributed by atoms with Crippen LogP contribution in [0.25, 0.3) is 0 Å². The Hall–Kier alpha value is -2.49. The van der Waals surface area contributed by atoms with Gasteiger partial charge in [0.05, 0.1) is 6.10 Å². The predicted octanol–water partition coefficient (Wildman–Crippen LogP) is 1.71. The number of aromatic nitrogens is 2. The van der Waals surface area contributed by atoms with E-state index in [0.29, 0.717) is 0 Å². The fraction of sp³-hybridized carbons (Fsp3) is 0.615. The highest BCUT2D eigenvalue weighted by molar-refractivity contribution is 5.87. The number of nitrogens with zero attached hydrogens (tertiary/aromatic N) is 4. The molecule has 0 aliphatic rings. The van der Waals surface area contributed by atoms with Crippen LogP contribution in [0.15, 0.2) is 26.7 Å². The summed E-state index contributed by atoms with van der Waals surface area (Å²) in [6, 6.07) is 0. The van der Waals surface area contributed by atoms with Crippen LogP contribution in [0.5, 0.6) is 0 Å². The summed E-state index contributed by atoms with van der Waals surface area (Å²) in [5.74, 6) is -0.500. The van der Waals surface area contributed by atoms with Crippen LogP contribution in [0.1, 0.15) is 34.1 Å². The normalized spacial score (nSPS) is 11.3. The zero-order chi connectivity index (χ0) is 17.7. The minimum Gasteiger partial charge on any atom is -0.458 e. The number of hydrogen-bond donors (Lipinski definition) is 3. The molecule has 0 radical (unpaired) electrons. The van der Waals surface area contributed by atoms with Crippen molar-refractivity contribution in [3.63, 3.8) is 0 Å². The molecule has 10 heteroatoms. The first kappa shape index (κ1) is 20.5. The fourth-order valence-corrected chi connectivity index (χ4v) is 1.14. The topological polar surface area (TPSA) is 140 Å². The lowest BCUT2D eigenvalue weighted by Crippen LogP contribution is -2.20. The summed E-state index contributed by atoms with van der Waals surface area (Å²) in [7, 11) is 1.96. The molecule has 1 aromatic rings. The second kappa shape index (κ2) is 12.1. The van der Waals surface area contributed by atoms with Crippen molar-refractivity contribution in [3.8, 4) is 0 Å². The SMILES string of the molecule is C/C=C(/NN=Nc1nonc1N)C(=O)OC(C)C.CCCNC. The molecular weight excluding hydrogens is 302 g/mol. The summed E-state index contributed by atoms with van der Waals surface area (Å²) >= 11 is 0. The van der Waals surface area contributed by atoms with E-state index in [1.54, 1.807) is 20.8 Å². The van der Waals surface area contributed by atoms with Gasteiger partial charge in [-0.3, -0.25) is 5.43 Å². The molecule has 0 aromatic carbocycles. The molecule has 0 saturated carbocycles. The van der Waals surface area contributed by atoms with E-state index in [2.05, 4.69) is 42.9 Å². The monoisotopic (exact) mass is 327 g/mol.